The minimum absolute atomic E-state index is 0.0391. The lowest BCUT2D eigenvalue weighted by Gasteiger charge is -2.07. The van der Waals surface area contributed by atoms with Crippen LogP contribution >= 0.6 is 15.9 Å². The predicted molar refractivity (Wildman–Crippen MR) is 74.4 cm³/mol. The Bertz CT molecular complexity index is 555. The van der Waals surface area contributed by atoms with E-state index in [9.17, 15) is 9.18 Å². The molecule has 1 aromatic heterocycles. The molecule has 0 bridgehead atoms. The van der Waals surface area contributed by atoms with Crippen LogP contribution in [0.15, 0.2) is 47.2 Å². The standard InChI is InChI=1S/C14H12BrFN2O/c15-11-2-1-3-12(16)13(11)14(19)18-9-6-10-4-7-17-8-5-10/h1-5,7-8H,6,9H2,(H,18,19). The highest BCUT2D eigenvalue weighted by atomic mass is 79.9. The Morgan fingerprint density at radius 3 is 2.68 bits per heavy atom. The summed E-state index contributed by atoms with van der Waals surface area (Å²) in [5.74, 6) is -0.949. The van der Waals surface area contributed by atoms with E-state index in [1.807, 2.05) is 12.1 Å². The summed E-state index contributed by atoms with van der Waals surface area (Å²) < 4.78 is 14.0. The second-order valence-corrected chi connectivity index (χ2v) is 4.81. The van der Waals surface area contributed by atoms with Crippen LogP contribution in [0.3, 0.4) is 0 Å². The summed E-state index contributed by atoms with van der Waals surface area (Å²) in [6.45, 7) is 0.448. The predicted octanol–water partition coefficient (Wildman–Crippen LogP) is 2.96. The Morgan fingerprint density at radius 1 is 1.26 bits per heavy atom. The molecule has 5 heteroatoms. The van der Waals surface area contributed by atoms with Gasteiger partial charge in [0.2, 0.25) is 0 Å². The van der Waals surface area contributed by atoms with E-state index in [-0.39, 0.29) is 5.56 Å². The minimum Gasteiger partial charge on any atom is -0.352 e. The highest BCUT2D eigenvalue weighted by Gasteiger charge is 2.14. The van der Waals surface area contributed by atoms with E-state index in [1.165, 1.54) is 6.07 Å². The molecule has 1 N–H and O–H groups in total. The molecule has 1 amide bonds. The lowest BCUT2D eigenvalue weighted by molar-refractivity contribution is 0.0949. The molecule has 2 aromatic rings. The first kappa shape index (κ1) is 13.7. The van der Waals surface area contributed by atoms with Crippen molar-refractivity contribution in [3.63, 3.8) is 0 Å². The monoisotopic (exact) mass is 322 g/mol. The zero-order valence-electron chi connectivity index (χ0n) is 10.1. The largest absolute Gasteiger partial charge is 0.352 e. The molecule has 0 atom stereocenters. The molecule has 1 heterocycles. The molecule has 1 aromatic carbocycles. The fourth-order valence-corrected chi connectivity index (χ4v) is 2.20. The normalized spacial score (nSPS) is 10.2. The van der Waals surface area contributed by atoms with Gasteiger partial charge < -0.3 is 5.32 Å². The third-order valence-electron chi connectivity index (χ3n) is 2.64. The number of aromatic nitrogens is 1. The van der Waals surface area contributed by atoms with Crippen LogP contribution < -0.4 is 5.32 Å². The fraction of sp³-hybridized carbons (Fsp3) is 0.143. The Morgan fingerprint density at radius 2 is 2.00 bits per heavy atom. The number of pyridine rings is 1. The maximum absolute atomic E-state index is 13.6. The number of nitrogens with one attached hydrogen (secondary N) is 1. The number of rotatable bonds is 4. The molecule has 0 spiro atoms. The SMILES string of the molecule is O=C(NCCc1ccncc1)c1c(F)cccc1Br. The second-order valence-electron chi connectivity index (χ2n) is 3.96. The van der Waals surface area contributed by atoms with Crippen LogP contribution in [0.2, 0.25) is 0 Å². The van der Waals surface area contributed by atoms with Crippen LogP contribution in [-0.4, -0.2) is 17.4 Å². The first-order chi connectivity index (χ1) is 9.18. The van der Waals surface area contributed by atoms with Gasteiger partial charge in [-0.15, -0.1) is 0 Å². The van der Waals surface area contributed by atoms with Crippen molar-refractivity contribution >= 4 is 21.8 Å². The van der Waals surface area contributed by atoms with E-state index in [0.29, 0.717) is 17.4 Å². The van der Waals surface area contributed by atoms with E-state index >= 15 is 0 Å². The zero-order valence-corrected chi connectivity index (χ0v) is 11.7. The molecular weight excluding hydrogens is 311 g/mol. The Labute approximate surface area is 119 Å². The van der Waals surface area contributed by atoms with E-state index in [4.69, 9.17) is 0 Å². The summed E-state index contributed by atoms with van der Waals surface area (Å²) in [4.78, 5) is 15.8. The lowest BCUT2D eigenvalue weighted by atomic mass is 10.2. The molecule has 2 rings (SSSR count). The highest BCUT2D eigenvalue weighted by Crippen LogP contribution is 2.19. The molecule has 0 saturated carbocycles. The van der Waals surface area contributed by atoms with Crippen LogP contribution in [0.4, 0.5) is 4.39 Å². The van der Waals surface area contributed by atoms with Crippen LogP contribution in [0.25, 0.3) is 0 Å². The number of benzene rings is 1. The van der Waals surface area contributed by atoms with Crippen molar-refractivity contribution in [1.82, 2.24) is 10.3 Å². The van der Waals surface area contributed by atoms with Crippen molar-refractivity contribution in [3.8, 4) is 0 Å². The fourth-order valence-electron chi connectivity index (χ4n) is 1.67. The van der Waals surface area contributed by atoms with E-state index in [2.05, 4.69) is 26.2 Å². The molecule has 3 nitrogen and oxygen atoms in total. The topological polar surface area (TPSA) is 42.0 Å². The molecule has 0 aliphatic carbocycles. The molecule has 0 fully saturated rings. The molecule has 0 radical (unpaired) electrons. The van der Waals surface area contributed by atoms with Crippen molar-refractivity contribution < 1.29 is 9.18 Å². The van der Waals surface area contributed by atoms with Gasteiger partial charge in [0.15, 0.2) is 0 Å². The van der Waals surface area contributed by atoms with Crippen molar-refractivity contribution in [2.75, 3.05) is 6.54 Å². The summed E-state index contributed by atoms with van der Waals surface area (Å²) in [6, 6.07) is 8.22. The summed E-state index contributed by atoms with van der Waals surface area (Å²) in [7, 11) is 0. The minimum atomic E-state index is -0.532. The van der Waals surface area contributed by atoms with Gasteiger partial charge in [0, 0.05) is 23.4 Å². The van der Waals surface area contributed by atoms with Gasteiger partial charge in [0.25, 0.3) is 5.91 Å². The number of hydrogen-bond donors (Lipinski definition) is 1. The van der Waals surface area contributed by atoms with E-state index < -0.39 is 11.7 Å². The van der Waals surface area contributed by atoms with Crippen LogP contribution in [-0.2, 0) is 6.42 Å². The molecular formula is C14H12BrFN2O. The van der Waals surface area contributed by atoms with Crippen molar-refractivity contribution in [2.45, 2.75) is 6.42 Å². The average Bonchev–Trinajstić information content (AvgIpc) is 2.40. The maximum Gasteiger partial charge on any atom is 0.255 e. The zero-order chi connectivity index (χ0) is 13.7. The van der Waals surface area contributed by atoms with Crippen LogP contribution in [0.1, 0.15) is 15.9 Å². The molecule has 0 aliphatic heterocycles. The van der Waals surface area contributed by atoms with Gasteiger partial charge in [-0.05, 0) is 52.2 Å². The average molecular weight is 323 g/mol. The quantitative estimate of drug-likeness (QED) is 0.940. The van der Waals surface area contributed by atoms with Gasteiger partial charge in [-0.25, -0.2) is 4.39 Å². The Hall–Kier alpha value is -1.75. The van der Waals surface area contributed by atoms with Gasteiger partial charge in [0.1, 0.15) is 5.82 Å². The summed E-state index contributed by atoms with van der Waals surface area (Å²) in [5, 5.41) is 2.70. The summed E-state index contributed by atoms with van der Waals surface area (Å²) >= 11 is 3.18. The Balaban J connectivity index is 1.95. The van der Waals surface area contributed by atoms with Crippen LogP contribution in [0.5, 0.6) is 0 Å². The summed E-state index contributed by atoms with van der Waals surface area (Å²) in [5.41, 5.74) is 1.11. The number of nitrogens with zero attached hydrogens (tertiary/aromatic N) is 1. The maximum atomic E-state index is 13.6. The van der Waals surface area contributed by atoms with Crippen molar-refractivity contribution in [1.29, 1.82) is 0 Å². The first-order valence-electron chi connectivity index (χ1n) is 5.79. The summed E-state index contributed by atoms with van der Waals surface area (Å²) in [6.07, 6.45) is 4.08. The molecule has 98 valence electrons. The number of halogens is 2. The van der Waals surface area contributed by atoms with Gasteiger partial charge >= 0.3 is 0 Å². The lowest BCUT2D eigenvalue weighted by Crippen LogP contribution is -2.27. The molecule has 19 heavy (non-hydrogen) atoms. The van der Waals surface area contributed by atoms with Crippen molar-refractivity contribution in [2.24, 2.45) is 0 Å². The number of carbonyl (C=O) groups excluding carboxylic acids is 1. The van der Waals surface area contributed by atoms with Gasteiger partial charge in [0.05, 0.1) is 5.56 Å². The smallest absolute Gasteiger partial charge is 0.255 e. The Kier molecular flexibility index (Phi) is 4.63. The van der Waals surface area contributed by atoms with E-state index in [1.54, 1.807) is 24.5 Å². The second kappa shape index (κ2) is 6.43. The van der Waals surface area contributed by atoms with E-state index in [0.717, 1.165) is 5.56 Å². The van der Waals surface area contributed by atoms with Gasteiger partial charge in [-0.3, -0.25) is 9.78 Å². The number of carbonyl (C=O) groups is 1. The first-order valence-corrected chi connectivity index (χ1v) is 6.59. The van der Waals surface area contributed by atoms with Gasteiger partial charge in [-0.2, -0.15) is 0 Å². The van der Waals surface area contributed by atoms with Crippen molar-refractivity contribution in [3.05, 3.63) is 64.1 Å². The molecule has 0 aliphatic rings. The highest BCUT2D eigenvalue weighted by molar-refractivity contribution is 9.10. The number of hydrogen-bond acceptors (Lipinski definition) is 2. The van der Waals surface area contributed by atoms with Crippen LogP contribution in [0, 0.1) is 5.82 Å². The molecule has 0 saturated heterocycles. The number of amides is 1. The molecule has 0 unspecified atom stereocenters. The van der Waals surface area contributed by atoms with Gasteiger partial charge in [-0.1, -0.05) is 6.07 Å². The third kappa shape index (κ3) is 3.61. The third-order valence-corrected chi connectivity index (χ3v) is 3.30.